The molecule has 0 aromatic rings. The van der Waals surface area contributed by atoms with Gasteiger partial charge in [-0.05, 0) is 12.8 Å². The van der Waals surface area contributed by atoms with Crippen molar-refractivity contribution in [1.82, 2.24) is 5.32 Å². The van der Waals surface area contributed by atoms with E-state index >= 15 is 0 Å². The lowest BCUT2D eigenvalue weighted by Gasteiger charge is -2.30. The van der Waals surface area contributed by atoms with Crippen LogP contribution in [0.15, 0.2) is 24.3 Å². The van der Waals surface area contributed by atoms with Crippen molar-refractivity contribution >= 4 is 5.91 Å². The Morgan fingerprint density at radius 2 is 2.33 bits per heavy atom. The summed E-state index contributed by atoms with van der Waals surface area (Å²) in [7, 11) is 0. The number of rotatable bonds is 2. The zero-order valence-electron chi connectivity index (χ0n) is 7.63. The van der Waals surface area contributed by atoms with Gasteiger partial charge in [-0.3, -0.25) is 4.79 Å². The maximum atomic E-state index is 10.9. The first-order chi connectivity index (χ1) is 5.68. The number of carbonyl (C=O) groups is 1. The highest BCUT2D eigenvalue weighted by atomic mass is 16.1. The standard InChI is InChI=1S/C10H15NO/c1-3-10(11-9(2)12)7-5-4-6-8-10/h4-7H,3,8H2,1-2H3,(H,11,12)/t10-/m1/s1. The molecule has 0 heterocycles. The lowest BCUT2D eigenvalue weighted by molar-refractivity contribution is -0.120. The summed E-state index contributed by atoms with van der Waals surface area (Å²) in [6, 6.07) is 0. The Labute approximate surface area is 73.4 Å². The smallest absolute Gasteiger partial charge is 0.217 e. The summed E-state index contributed by atoms with van der Waals surface area (Å²) in [4.78, 5) is 10.9. The first-order valence-electron chi connectivity index (χ1n) is 4.32. The molecule has 1 atom stereocenters. The van der Waals surface area contributed by atoms with Crippen molar-refractivity contribution in [2.24, 2.45) is 0 Å². The Morgan fingerprint density at radius 3 is 2.75 bits per heavy atom. The number of amides is 1. The lowest BCUT2D eigenvalue weighted by Crippen LogP contribution is -2.45. The summed E-state index contributed by atoms with van der Waals surface area (Å²) in [5.74, 6) is 0.0387. The third kappa shape index (κ3) is 1.97. The van der Waals surface area contributed by atoms with Crippen LogP contribution in [0.25, 0.3) is 0 Å². The summed E-state index contributed by atoms with van der Waals surface area (Å²) in [6.45, 7) is 3.64. The fourth-order valence-electron chi connectivity index (χ4n) is 1.46. The molecule has 2 nitrogen and oxygen atoms in total. The monoisotopic (exact) mass is 165 g/mol. The first kappa shape index (κ1) is 9.04. The van der Waals surface area contributed by atoms with E-state index in [0.717, 1.165) is 12.8 Å². The Balaban J connectivity index is 2.69. The molecule has 0 fully saturated rings. The SMILES string of the molecule is CC[C@@]1(NC(C)=O)C=CC=CC1. The van der Waals surface area contributed by atoms with Gasteiger partial charge in [-0.15, -0.1) is 0 Å². The molecule has 0 aromatic carbocycles. The summed E-state index contributed by atoms with van der Waals surface area (Å²) in [5, 5.41) is 2.97. The van der Waals surface area contributed by atoms with E-state index in [9.17, 15) is 4.79 Å². The van der Waals surface area contributed by atoms with Crippen LogP contribution in [-0.4, -0.2) is 11.4 Å². The molecule has 1 aliphatic rings. The molecule has 0 radical (unpaired) electrons. The van der Waals surface area contributed by atoms with Gasteiger partial charge < -0.3 is 5.32 Å². The van der Waals surface area contributed by atoms with Crippen molar-refractivity contribution < 1.29 is 4.79 Å². The van der Waals surface area contributed by atoms with Crippen LogP contribution >= 0.6 is 0 Å². The third-order valence-corrected chi connectivity index (χ3v) is 2.20. The van der Waals surface area contributed by atoms with E-state index in [-0.39, 0.29) is 11.4 Å². The third-order valence-electron chi connectivity index (χ3n) is 2.20. The number of nitrogens with one attached hydrogen (secondary N) is 1. The fraction of sp³-hybridized carbons (Fsp3) is 0.500. The van der Waals surface area contributed by atoms with Crippen LogP contribution < -0.4 is 5.32 Å². The molecule has 0 spiro atoms. The van der Waals surface area contributed by atoms with Gasteiger partial charge >= 0.3 is 0 Å². The molecule has 0 unspecified atom stereocenters. The second-order valence-corrected chi connectivity index (χ2v) is 3.18. The van der Waals surface area contributed by atoms with Crippen LogP contribution in [0.4, 0.5) is 0 Å². The number of allylic oxidation sites excluding steroid dienone is 2. The quantitative estimate of drug-likeness (QED) is 0.664. The Hall–Kier alpha value is -1.05. The molecule has 1 aliphatic carbocycles. The van der Waals surface area contributed by atoms with E-state index in [1.807, 2.05) is 12.2 Å². The highest BCUT2D eigenvalue weighted by Gasteiger charge is 2.25. The first-order valence-corrected chi connectivity index (χ1v) is 4.32. The van der Waals surface area contributed by atoms with Gasteiger partial charge in [-0.1, -0.05) is 31.2 Å². The van der Waals surface area contributed by atoms with Crippen molar-refractivity contribution in [2.75, 3.05) is 0 Å². The maximum absolute atomic E-state index is 10.9. The molecule has 1 rings (SSSR count). The molecule has 0 aliphatic heterocycles. The molecule has 2 heteroatoms. The van der Waals surface area contributed by atoms with E-state index < -0.39 is 0 Å². The molecule has 0 saturated heterocycles. The fourth-order valence-corrected chi connectivity index (χ4v) is 1.46. The predicted octanol–water partition coefficient (Wildman–Crippen LogP) is 1.79. The molecule has 1 N–H and O–H groups in total. The minimum Gasteiger partial charge on any atom is -0.347 e. The van der Waals surface area contributed by atoms with Gasteiger partial charge in [0.05, 0.1) is 5.54 Å². The van der Waals surface area contributed by atoms with E-state index in [0.29, 0.717) is 0 Å². The second kappa shape index (κ2) is 3.57. The van der Waals surface area contributed by atoms with Crippen molar-refractivity contribution in [3.63, 3.8) is 0 Å². The van der Waals surface area contributed by atoms with Gasteiger partial charge in [-0.25, -0.2) is 0 Å². The van der Waals surface area contributed by atoms with Gasteiger partial charge in [0.25, 0.3) is 0 Å². The average molecular weight is 165 g/mol. The average Bonchev–Trinajstić information content (AvgIpc) is 2.05. The molecular formula is C10H15NO. The minimum absolute atomic E-state index is 0.0387. The maximum Gasteiger partial charge on any atom is 0.217 e. The Bertz CT molecular complexity index is 230. The number of hydrogen-bond donors (Lipinski definition) is 1. The highest BCUT2D eigenvalue weighted by molar-refractivity contribution is 5.74. The second-order valence-electron chi connectivity index (χ2n) is 3.18. The van der Waals surface area contributed by atoms with Gasteiger partial charge in [0.15, 0.2) is 0 Å². The van der Waals surface area contributed by atoms with Gasteiger partial charge in [0, 0.05) is 6.92 Å². The van der Waals surface area contributed by atoms with Crippen LogP contribution in [0, 0.1) is 0 Å². The molecule has 0 bridgehead atoms. The van der Waals surface area contributed by atoms with Crippen LogP contribution in [-0.2, 0) is 4.79 Å². The van der Waals surface area contributed by atoms with Crippen LogP contribution in [0.2, 0.25) is 0 Å². The minimum atomic E-state index is -0.124. The van der Waals surface area contributed by atoms with Gasteiger partial charge in [-0.2, -0.15) is 0 Å². The van der Waals surface area contributed by atoms with Gasteiger partial charge in [0.2, 0.25) is 5.91 Å². The van der Waals surface area contributed by atoms with Crippen LogP contribution in [0.5, 0.6) is 0 Å². The largest absolute Gasteiger partial charge is 0.347 e. The van der Waals surface area contributed by atoms with Crippen LogP contribution in [0.1, 0.15) is 26.7 Å². The topological polar surface area (TPSA) is 29.1 Å². The van der Waals surface area contributed by atoms with E-state index in [2.05, 4.69) is 24.4 Å². The molecule has 0 saturated carbocycles. The van der Waals surface area contributed by atoms with Crippen molar-refractivity contribution in [3.8, 4) is 0 Å². The lowest BCUT2D eigenvalue weighted by atomic mass is 9.88. The van der Waals surface area contributed by atoms with E-state index in [1.165, 1.54) is 0 Å². The molecular weight excluding hydrogens is 150 g/mol. The molecule has 0 aromatic heterocycles. The van der Waals surface area contributed by atoms with Crippen molar-refractivity contribution in [3.05, 3.63) is 24.3 Å². The Kier molecular flexibility index (Phi) is 2.69. The highest BCUT2D eigenvalue weighted by Crippen LogP contribution is 2.20. The van der Waals surface area contributed by atoms with Crippen molar-refractivity contribution in [2.45, 2.75) is 32.2 Å². The summed E-state index contributed by atoms with van der Waals surface area (Å²) in [5.41, 5.74) is -0.124. The summed E-state index contributed by atoms with van der Waals surface area (Å²) >= 11 is 0. The zero-order valence-corrected chi connectivity index (χ0v) is 7.63. The Morgan fingerprint density at radius 1 is 1.58 bits per heavy atom. The van der Waals surface area contributed by atoms with Crippen molar-refractivity contribution in [1.29, 1.82) is 0 Å². The molecule has 66 valence electrons. The number of hydrogen-bond acceptors (Lipinski definition) is 1. The molecule has 1 amide bonds. The number of carbonyl (C=O) groups excluding carboxylic acids is 1. The predicted molar refractivity (Wildman–Crippen MR) is 49.7 cm³/mol. The normalized spacial score (nSPS) is 27.2. The summed E-state index contributed by atoms with van der Waals surface area (Å²) in [6.07, 6.45) is 9.99. The van der Waals surface area contributed by atoms with E-state index in [1.54, 1.807) is 6.92 Å². The zero-order chi connectivity index (χ0) is 9.03. The van der Waals surface area contributed by atoms with E-state index in [4.69, 9.17) is 0 Å². The molecule has 12 heavy (non-hydrogen) atoms. The van der Waals surface area contributed by atoms with Crippen LogP contribution in [0.3, 0.4) is 0 Å². The van der Waals surface area contributed by atoms with Gasteiger partial charge in [0.1, 0.15) is 0 Å². The summed E-state index contributed by atoms with van der Waals surface area (Å²) < 4.78 is 0.